The standard InChI is InChI=1S/C23H38NO2S/c1-14(2)24(15(3)4)20(26)13-27-18-8-7-16(11-18)21(27)23-10-9-17(12-19(23)25)22(23,5)6/h14-18,21H,7-13H2,1-6H3/q+1/t16-,17-,18+,21+,23+,27?/m1/s1. The van der Waals surface area contributed by atoms with Crippen LogP contribution in [0.5, 0.6) is 0 Å². The highest BCUT2D eigenvalue weighted by Crippen LogP contribution is 2.70. The molecular formula is C23H38NO2S+. The summed E-state index contributed by atoms with van der Waals surface area (Å²) in [5, 5.41) is 1.18. The third kappa shape index (κ3) is 2.60. The number of nitrogens with zero attached hydrogens (tertiary/aromatic N) is 1. The first-order valence-corrected chi connectivity index (χ1v) is 12.7. The van der Waals surface area contributed by atoms with Crippen molar-refractivity contribution in [3.05, 3.63) is 0 Å². The fourth-order valence-electron chi connectivity index (χ4n) is 7.61. The minimum absolute atomic E-state index is 0.0814. The zero-order valence-electron chi connectivity index (χ0n) is 18.1. The van der Waals surface area contributed by atoms with Gasteiger partial charge in [-0.15, -0.1) is 0 Å². The van der Waals surface area contributed by atoms with E-state index in [1.807, 2.05) is 0 Å². The Kier molecular flexibility index (Phi) is 4.77. The van der Waals surface area contributed by atoms with E-state index in [0.717, 1.165) is 12.8 Å². The van der Waals surface area contributed by atoms with Gasteiger partial charge in [-0.1, -0.05) is 13.8 Å². The van der Waals surface area contributed by atoms with Gasteiger partial charge in [0.15, 0.2) is 5.75 Å². The normalized spacial score (nSPS) is 41.9. The van der Waals surface area contributed by atoms with Crippen molar-refractivity contribution in [3.8, 4) is 0 Å². The van der Waals surface area contributed by atoms with Crippen molar-refractivity contribution in [1.82, 2.24) is 4.90 Å². The highest BCUT2D eigenvalue weighted by molar-refractivity contribution is 7.99. The SMILES string of the molecule is CC(C)N(C(=O)C[S+]1[C@H]2CC[C@H](C2)[C@H]1[C@]12CC[C@H](CC1=O)C2(C)C)C(C)C. The van der Waals surface area contributed by atoms with Crippen LogP contribution in [0.3, 0.4) is 0 Å². The Bertz CT molecular complexity index is 634. The summed E-state index contributed by atoms with van der Waals surface area (Å²) in [4.78, 5) is 28.7. The molecule has 4 rings (SSSR count). The fourth-order valence-corrected chi connectivity index (χ4v) is 11.6. The lowest BCUT2D eigenvalue weighted by molar-refractivity contribution is -0.132. The molecule has 0 N–H and O–H groups in total. The molecule has 1 unspecified atom stereocenters. The summed E-state index contributed by atoms with van der Waals surface area (Å²) in [6.07, 6.45) is 6.97. The second-order valence-corrected chi connectivity index (χ2v) is 13.2. The Hall–Kier alpha value is -0.510. The van der Waals surface area contributed by atoms with E-state index < -0.39 is 0 Å². The van der Waals surface area contributed by atoms with E-state index in [1.54, 1.807) is 0 Å². The van der Waals surface area contributed by atoms with Gasteiger partial charge >= 0.3 is 0 Å². The first-order valence-electron chi connectivity index (χ1n) is 11.1. The number of ketones is 1. The molecule has 1 aliphatic heterocycles. The lowest BCUT2D eigenvalue weighted by Crippen LogP contribution is -2.55. The zero-order chi connectivity index (χ0) is 19.7. The van der Waals surface area contributed by atoms with Gasteiger partial charge in [-0.2, -0.15) is 0 Å². The molecule has 0 aromatic heterocycles. The molecule has 3 saturated carbocycles. The molecule has 4 heteroatoms. The average Bonchev–Trinajstić information content (AvgIpc) is 3.25. The van der Waals surface area contributed by atoms with E-state index >= 15 is 0 Å². The predicted molar refractivity (Wildman–Crippen MR) is 113 cm³/mol. The van der Waals surface area contributed by atoms with Crippen molar-refractivity contribution in [2.45, 2.75) is 103 Å². The molecular weight excluding hydrogens is 354 g/mol. The Morgan fingerprint density at radius 2 is 1.81 bits per heavy atom. The predicted octanol–water partition coefficient (Wildman–Crippen LogP) is 4.20. The molecule has 3 aliphatic carbocycles. The Morgan fingerprint density at radius 1 is 1.15 bits per heavy atom. The van der Waals surface area contributed by atoms with Gasteiger partial charge in [-0.25, -0.2) is 0 Å². The average molecular weight is 393 g/mol. The summed E-state index contributed by atoms with van der Waals surface area (Å²) in [6, 6.07) is 0.496. The minimum Gasteiger partial charge on any atom is -0.334 e. The molecule has 4 aliphatic rings. The van der Waals surface area contributed by atoms with Crippen LogP contribution >= 0.6 is 0 Å². The first kappa shape index (κ1) is 19.8. The van der Waals surface area contributed by atoms with Crippen molar-refractivity contribution < 1.29 is 9.59 Å². The second-order valence-electron chi connectivity index (χ2n) is 10.8. The van der Waals surface area contributed by atoms with Crippen molar-refractivity contribution in [2.75, 3.05) is 5.75 Å². The topological polar surface area (TPSA) is 37.4 Å². The van der Waals surface area contributed by atoms with Gasteiger partial charge in [0, 0.05) is 41.7 Å². The molecule has 0 aromatic rings. The van der Waals surface area contributed by atoms with E-state index in [-0.39, 0.29) is 33.8 Å². The fraction of sp³-hybridized carbons (Fsp3) is 0.913. The zero-order valence-corrected chi connectivity index (χ0v) is 18.9. The monoisotopic (exact) mass is 392 g/mol. The lowest BCUT2D eigenvalue weighted by Gasteiger charge is -2.43. The van der Waals surface area contributed by atoms with Crippen LogP contribution < -0.4 is 0 Å². The summed E-state index contributed by atoms with van der Waals surface area (Å²) in [6.45, 7) is 13.3. The van der Waals surface area contributed by atoms with Crippen LogP contribution in [-0.2, 0) is 20.5 Å². The van der Waals surface area contributed by atoms with Crippen LogP contribution in [0.4, 0.5) is 0 Å². The van der Waals surface area contributed by atoms with Gasteiger partial charge in [0.2, 0.25) is 0 Å². The molecule has 1 saturated heterocycles. The first-order chi connectivity index (χ1) is 12.6. The van der Waals surface area contributed by atoms with Crippen LogP contribution in [0.25, 0.3) is 0 Å². The summed E-state index contributed by atoms with van der Waals surface area (Å²) >= 11 is 0. The van der Waals surface area contributed by atoms with Gasteiger partial charge in [0.05, 0.1) is 5.41 Å². The van der Waals surface area contributed by atoms with Crippen LogP contribution in [0.15, 0.2) is 0 Å². The van der Waals surface area contributed by atoms with Crippen LogP contribution in [0.2, 0.25) is 0 Å². The summed E-state index contributed by atoms with van der Waals surface area (Å²) in [7, 11) is 0.0814. The maximum atomic E-state index is 13.3. The van der Waals surface area contributed by atoms with Crippen molar-refractivity contribution in [1.29, 1.82) is 0 Å². The number of fused-ring (bicyclic) bond motifs is 4. The molecule has 152 valence electrons. The molecule has 1 amide bonds. The van der Waals surface area contributed by atoms with Crippen LogP contribution in [-0.4, -0.2) is 44.9 Å². The minimum atomic E-state index is -0.124. The summed E-state index contributed by atoms with van der Waals surface area (Å²) in [5.41, 5.74) is 0.00466. The molecule has 0 spiro atoms. The number of hydrogen-bond donors (Lipinski definition) is 0. The van der Waals surface area contributed by atoms with Gasteiger partial charge in [0.1, 0.15) is 16.3 Å². The summed E-state index contributed by atoms with van der Waals surface area (Å²) in [5.74, 6) is 2.84. The summed E-state index contributed by atoms with van der Waals surface area (Å²) < 4.78 is 0. The Labute approximate surface area is 168 Å². The van der Waals surface area contributed by atoms with Crippen LogP contribution in [0.1, 0.15) is 80.1 Å². The smallest absolute Gasteiger partial charge is 0.272 e. The highest BCUT2D eigenvalue weighted by Gasteiger charge is 2.75. The largest absolute Gasteiger partial charge is 0.334 e. The van der Waals surface area contributed by atoms with E-state index in [9.17, 15) is 9.59 Å². The van der Waals surface area contributed by atoms with Gasteiger partial charge < -0.3 is 4.90 Å². The van der Waals surface area contributed by atoms with E-state index in [4.69, 9.17) is 0 Å². The number of amides is 1. The second kappa shape index (κ2) is 6.50. The third-order valence-electron chi connectivity index (χ3n) is 8.77. The molecule has 4 fully saturated rings. The highest BCUT2D eigenvalue weighted by atomic mass is 32.2. The van der Waals surface area contributed by atoms with E-state index in [1.165, 1.54) is 25.7 Å². The number of carbonyl (C=O) groups excluding carboxylic acids is 2. The Balaban J connectivity index is 1.65. The quantitative estimate of drug-likeness (QED) is 0.658. The van der Waals surface area contributed by atoms with Gasteiger partial charge in [0.25, 0.3) is 5.91 Å². The lowest BCUT2D eigenvalue weighted by atomic mass is 9.64. The molecule has 0 aromatic carbocycles. The number of hydrogen-bond acceptors (Lipinski definition) is 2. The van der Waals surface area contributed by atoms with Gasteiger partial charge in [-0.05, 0) is 64.7 Å². The molecule has 6 atom stereocenters. The molecule has 27 heavy (non-hydrogen) atoms. The molecule has 4 bridgehead atoms. The van der Waals surface area contributed by atoms with E-state index in [0.29, 0.717) is 39.8 Å². The van der Waals surface area contributed by atoms with E-state index in [2.05, 4.69) is 46.4 Å². The van der Waals surface area contributed by atoms with Crippen LogP contribution in [0, 0.1) is 22.7 Å². The van der Waals surface area contributed by atoms with Crippen molar-refractivity contribution in [2.24, 2.45) is 22.7 Å². The molecule has 3 nitrogen and oxygen atoms in total. The van der Waals surface area contributed by atoms with Crippen molar-refractivity contribution in [3.63, 3.8) is 0 Å². The van der Waals surface area contributed by atoms with Gasteiger partial charge in [-0.3, -0.25) is 9.59 Å². The number of Topliss-reactive ketones (excluding diaryl/α,β-unsaturated/α-hetero) is 1. The molecule has 0 radical (unpaired) electrons. The maximum Gasteiger partial charge on any atom is 0.272 e. The number of carbonyl (C=O) groups is 2. The van der Waals surface area contributed by atoms with Crippen molar-refractivity contribution >= 4 is 22.6 Å². The molecule has 1 heterocycles. The number of rotatable bonds is 5. The maximum absolute atomic E-state index is 13.3. The third-order valence-corrected chi connectivity index (χ3v) is 12.1. The Morgan fingerprint density at radius 3 is 2.33 bits per heavy atom.